The monoisotopic (exact) mass is 477 g/mol. The van der Waals surface area contributed by atoms with Crippen molar-refractivity contribution < 1.29 is 45.5 Å². The number of halogens is 5. The molecule has 1 aromatic carbocycles. The Hall–Kier alpha value is -3.51. The molecule has 180 valence electrons. The van der Waals surface area contributed by atoms with Crippen LogP contribution in [0.4, 0.5) is 28.0 Å². The molecule has 2 rings (SSSR count). The lowest BCUT2D eigenvalue weighted by Crippen LogP contribution is -2.44. The summed E-state index contributed by atoms with van der Waals surface area (Å²) in [6.45, 7) is 2.83. The van der Waals surface area contributed by atoms with Crippen LogP contribution in [0.1, 0.15) is 48.5 Å². The molecule has 1 heterocycles. The van der Waals surface area contributed by atoms with Gasteiger partial charge in [0.2, 0.25) is 11.7 Å². The van der Waals surface area contributed by atoms with E-state index in [1.807, 2.05) is 5.32 Å². The van der Waals surface area contributed by atoms with E-state index >= 15 is 0 Å². The molecule has 33 heavy (non-hydrogen) atoms. The zero-order chi connectivity index (χ0) is 24.8. The number of esters is 1. The van der Waals surface area contributed by atoms with Crippen molar-refractivity contribution in [3.05, 3.63) is 46.9 Å². The van der Waals surface area contributed by atoms with Crippen LogP contribution in [0.15, 0.2) is 22.6 Å². The van der Waals surface area contributed by atoms with E-state index < -0.39 is 65.5 Å². The van der Waals surface area contributed by atoms with Crippen molar-refractivity contribution in [1.29, 1.82) is 0 Å². The van der Waals surface area contributed by atoms with E-state index in [0.717, 1.165) is 12.1 Å². The molecule has 0 spiro atoms. The van der Waals surface area contributed by atoms with E-state index in [2.05, 4.69) is 15.0 Å². The van der Waals surface area contributed by atoms with Gasteiger partial charge in [0.15, 0.2) is 5.69 Å². The lowest BCUT2D eigenvalue weighted by atomic mass is 10.1. The van der Waals surface area contributed by atoms with Crippen molar-refractivity contribution in [2.45, 2.75) is 45.3 Å². The van der Waals surface area contributed by atoms with Crippen LogP contribution in [-0.2, 0) is 26.9 Å². The Labute approximate surface area is 184 Å². The molecule has 2 aromatic rings. The maximum Gasteiger partial charge on any atom is 0.437 e. The van der Waals surface area contributed by atoms with Crippen LogP contribution in [0.5, 0.6) is 0 Å². The number of hydrogen-bond acceptors (Lipinski definition) is 6. The van der Waals surface area contributed by atoms with Crippen LogP contribution in [-0.4, -0.2) is 35.4 Å². The highest BCUT2D eigenvalue weighted by Crippen LogP contribution is 2.33. The van der Waals surface area contributed by atoms with Crippen molar-refractivity contribution in [3.8, 4) is 0 Å². The average molecular weight is 477 g/mol. The van der Waals surface area contributed by atoms with E-state index in [4.69, 9.17) is 4.42 Å². The number of nitrogens with one attached hydrogen (secondary N) is 2. The number of rotatable bonds is 9. The van der Waals surface area contributed by atoms with Gasteiger partial charge >= 0.3 is 18.2 Å². The van der Waals surface area contributed by atoms with Crippen LogP contribution in [0, 0.1) is 11.6 Å². The first-order valence-corrected chi connectivity index (χ1v) is 9.74. The highest BCUT2D eigenvalue weighted by atomic mass is 19.4. The lowest BCUT2D eigenvalue weighted by Gasteiger charge is -2.16. The Balaban J connectivity index is 2.16. The Bertz CT molecular complexity index is 1000. The molecule has 0 saturated heterocycles. The number of ether oxygens (including phenoxy) is 1. The third-order valence-corrected chi connectivity index (χ3v) is 4.10. The normalized spacial score (nSPS) is 12.2. The Morgan fingerprint density at radius 3 is 2.30 bits per heavy atom. The van der Waals surface area contributed by atoms with Crippen LogP contribution in [0.25, 0.3) is 0 Å². The predicted molar refractivity (Wildman–Crippen MR) is 103 cm³/mol. The van der Waals surface area contributed by atoms with Crippen molar-refractivity contribution in [1.82, 2.24) is 10.3 Å². The van der Waals surface area contributed by atoms with E-state index in [1.54, 1.807) is 6.92 Å². The van der Waals surface area contributed by atoms with Gasteiger partial charge < -0.3 is 14.5 Å². The smallest absolute Gasteiger partial charge is 0.437 e. The fourth-order valence-electron chi connectivity index (χ4n) is 2.79. The summed E-state index contributed by atoms with van der Waals surface area (Å²) < 4.78 is 75.3. The van der Waals surface area contributed by atoms with Crippen molar-refractivity contribution in [2.75, 3.05) is 11.9 Å². The maximum atomic E-state index is 13.3. The van der Waals surface area contributed by atoms with Gasteiger partial charge in [-0.05, 0) is 31.0 Å². The summed E-state index contributed by atoms with van der Waals surface area (Å²) in [5, 5.41) is 4.33. The van der Waals surface area contributed by atoms with Crippen LogP contribution < -0.4 is 10.6 Å². The minimum atomic E-state index is -5.06. The van der Waals surface area contributed by atoms with Gasteiger partial charge in [-0.25, -0.2) is 13.6 Å². The van der Waals surface area contributed by atoms with E-state index in [0.29, 0.717) is 12.5 Å². The molecule has 0 saturated carbocycles. The van der Waals surface area contributed by atoms with E-state index in [9.17, 15) is 36.3 Å². The number of hydrogen-bond donors (Lipinski definition) is 2. The second kappa shape index (κ2) is 10.9. The molecular formula is C20H20F5N3O5. The number of alkyl halides is 3. The van der Waals surface area contributed by atoms with Gasteiger partial charge in [0.1, 0.15) is 17.7 Å². The molecule has 0 aliphatic heterocycles. The molecular weight excluding hydrogens is 457 g/mol. The minimum absolute atomic E-state index is 0.0160. The quantitative estimate of drug-likeness (QED) is 0.422. The molecule has 1 aromatic heterocycles. The van der Waals surface area contributed by atoms with Gasteiger partial charge in [-0.2, -0.15) is 18.2 Å². The highest BCUT2D eigenvalue weighted by Gasteiger charge is 2.42. The lowest BCUT2D eigenvalue weighted by molar-refractivity contribution is -0.141. The molecule has 2 N–H and O–H groups in total. The molecule has 2 amide bonds. The Morgan fingerprint density at radius 2 is 1.76 bits per heavy atom. The molecule has 0 fully saturated rings. The Morgan fingerprint density at radius 1 is 1.12 bits per heavy atom. The molecule has 0 aliphatic carbocycles. The molecule has 13 heteroatoms. The first-order valence-electron chi connectivity index (χ1n) is 9.74. The maximum absolute atomic E-state index is 13.3. The average Bonchev–Trinajstić information content (AvgIpc) is 3.11. The first kappa shape index (κ1) is 25.7. The fraction of sp³-hybridized carbons (Fsp3) is 0.400. The molecule has 0 bridgehead atoms. The molecule has 1 unspecified atom stereocenters. The molecule has 0 aliphatic rings. The molecule has 8 nitrogen and oxygen atoms in total. The largest absolute Gasteiger partial charge is 0.460 e. The first-order chi connectivity index (χ1) is 15.4. The van der Waals surface area contributed by atoms with Crippen LogP contribution in [0.3, 0.4) is 0 Å². The predicted octanol–water partition coefficient (Wildman–Crippen LogP) is 3.61. The molecule has 1 atom stereocenters. The number of oxazole rings is 1. The number of nitrogens with zero attached hydrogens (tertiary/aromatic N) is 1. The summed E-state index contributed by atoms with van der Waals surface area (Å²) in [4.78, 5) is 39.6. The van der Waals surface area contributed by atoms with Gasteiger partial charge in [-0.15, -0.1) is 0 Å². The summed E-state index contributed by atoms with van der Waals surface area (Å²) in [5.74, 6) is -6.16. The van der Waals surface area contributed by atoms with Crippen LogP contribution >= 0.6 is 0 Å². The number of benzene rings is 1. The third kappa shape index (κ3) is 7.26. The zero-order valence-electron chi connectivity index (χ0n) is 17.5. The van der Waals surface area contributed by atoms with Gasteiger partial charge in [-0.3, -0.25) is 14.9 Å². The van der Waals surface area contributed by atoms with Crippen molar-refractivity contribution >= 4 is 23.8 Å². The molecule has 0 radical (unpaired) electrons. The summed E-state index contributed by atoms with van der Waals surface area (Å²) in [6, 6.07) is 0.371. The van der Waals surface area contributed by atoms with Gasteiger partial charge in [0.05, 0.1) is 13.0 Å². The standard InChI is InChI=1S/C20H20F5N3O5/c1-3-5-13(26-14(29)8-10-6-11(21)9-12(22)7-10)17(30)28-19-27-16(20(23,24)25)15(33-19)18(31)32-4-2/h6-7,9,13H,3-5,8H2,1-2H3,(H,26,29)(H,27,28,30). The SMILES string of the molecule is CCCC(NC(=O)Cc1cc(F)cc(F)c1)C(=O)Nc1nc(C(F)(F)F)c(C(=O)OCC)o1. The second-order valence-corrected chi connectivity index (χ2v) is 6.77. The Kier molecular flexibility index (Phi) is 8.49. The third-order valence-electron chi connectivity index (χ3n) is 4.10. The number of amides is 2. The number of aromatic nitrogens is 1. The van der Waals surface area contributed by atoms with Crippen LogP contribution in [0.2, 0.25) is 0 Å². The van der Waals surface area contributed by atoms with Gasteiger partial charge in [0, 0.05) is 6.07 Å². The summed E-state index contributed by atoms with van der Waals surface area (Å²) >= 11 is 0. The van der Waals surface area contributed by atoms with Crippen molar-refractivity contribution in [2.24, 2.45) is 0 Å². The number of carbonyl (C=O) groups excluding carboxylic acids is 3. The van der Waals surface area contributed by atoms with E-state index in [-0.39, 0.29) is 18.6 Å². The highest BCUT2D eigenvalue weighted by molar-refractivity contribution is 5.96. The number of anilines is 1. The minimum Gasteiger partial charge on any atom is -0.460 e. The zero-order valence-corrected chi connectivity index (χ0v) is 17.5. The van der Waals surface area contributed by atoms with E-state index in [1.165, 1.54) is 6.92 Å². The fourth-order valence-corrected chi connectivity index (χ4v) is 2.79. The van der Waals surface area contributed by atoms with Gasteiger partial charge in [-0.1, -0.05) is 13.3 Å². The summed E-state index contributed by atoms with van der Waals surface area (Å²) in [7, 11) is 0. The van der Waals surface area contributed by atoms with Gasteiger partial charge in [0.25, 0.3) is 5.91 Å². The topological polar surface area (TPSA) is 111 Å². The second-order valence-electron chi connectivity index (χ2n) is 6.77. The summed E-state index contributed by atoms with van der Waals surface area (Å²) in [5.41, 5.74) is -1.66. The van der Waals surface area contributed by atoms with Crippen molar-refractivity contribution in [3.63, 3.8) is 0 Å². The summed E-state index contributed by atoms with van der Waals surface area (Å²) in [6.07, 6.45) is -5.05. The number of carbonyl (C=O) groups is 3.